The lowest BCUT2D eigenvalue weighted by atomic mass is 9.96. The van der Waals surface area contributed by atoms with Crippen LogP contribution in [-0.4, -0.2) is 19.6 Å². The first kappa shape index (κ1) is 19.4. The van der Waals surface area contributed by atoms with Gasteiger partial charge in [0.15, 0.2) is 0 Å². The topological polar surface area (TPSA) is 15.3 Å². The first-order chi connectivity index (χ1) is 13.2. The third-order valence-corrected chi connectivity index (χ3v) is 5.45. The molecule has 2 heteroatoms. The quantitative estimate of drug-likeness (QED) is 0.683. The fourth-order valence-corrected chi connectivity index (χ4v) is 3.99. The van der Waals surface area contributed by atoms with Gasteiger partial charge in [-0.25, -0.2) is 0 Å². The largest absolute Gasteiger partial charge is 0.371 e. The second-order valence-electron chi connectivity index (χ2n) is 7.54. The highest BCUT2D eigenvalue weighted by Gasteiger charge is 2.20. The molecule has 1 aliphatic heterocycles. The van der Waals surface area contributed by atoms with E-state index in [2.05, 4.69) is 85.3 Å². The second kappa shape index (κ2) is 9.57. The number of allylic oxidation sites excluding steroid dienone is 1. The summed E-state index contributed by atoms with van der Waals surface area (Å²) >= 11 is 0. The molecule has 1 N–H and O–H groups in total. The van der Waals surface area contributed by atoms with Gasteiger partial charge in [0.1, 0.15) is 0 Å². The van der Waals surface area contributed by atoms with Crippen LogP contribution < -0.4 is 10.2 Å². The van der Waals surface area contributed by atoms with Crippen LogP contribution >= 0.6 is 0 Å². The predicted molar refractivity (Wildman–Crippen MR) is 119 cm³/mol. The van der Waals surface area contributed by atoms with Crippen molar-refractivity contribution in [2.75, 3.05) is 24.5 Å². The molecule has 3 rings (SSSR count). The number of benzene rings is 2. The molecule has 0 aromatic heterocycles. The molecule has 1 saturated heterocycles. The summed E-state index contributed by atoms with van der Waals surface area (Å²) in [5, 5.41) is 3.70. The van der Waals surface area contributed by atoms with E-state index in [9.17, 15) is 0 Å². The third-order valence-electron chi connectivity index (χ3n) is 5.45. The number of hydrogen-bond acceptors (Lipinski definition) is 2. The maximum absolute atomic E-state index is 4.01. The van der Waals surface area contributed by atoms with Crippen molar-refractivity contribution in [3.05, 3.63) is 77.4 Å². The van der Waals surface area contributed by atoms with Crippen LogP contribution in [0.15, 0.2) is 55.1 Å². The molecule has 0 aliphatic carbocycles. The van der Waals surface area contributed by atoms with Gasteiger partial charge in [-0.05, 0) is 68.0 Å². The van der Waals surface area contributed by atoms with E-state index in [1.165, 1.54) is 47.3 Å². The van der Waals surface area contributed by atoms with E-state index in [4.69, 9.17) is 0 Å². The highest BCUT2D eigenvalue weighted by molar-refractivity contribution is 5.67. The zero-order valence-corrected chi connectivity index (χ0v) is 16.7. The van der Waals surface area contributed by atoms with Crippen LogP contribution in [0, 0.1) is 12.8 Å². The van der Waals surface area contributed by atoms with Gasteiger partial charge in [0, 0.05) is 25.3 Å². The fraction of sp³-hybridized carbons (Fsp3) is 0.360. The summed E-state index contributed by atoms with van der Waals surface area (Å²) in [7, 11) is 0. The highest BCUT2D eigenvalue weighted by atomic mass is 15.1. The molecule has 1 unspecified atom stereocenters. The molecular weight excluding hydrogens is 328 g/mol. The monoisotopic (exact) mass is 360 g/mol. The molecular formula is C25H32N2. The van der Waals surface area contributed by atoms with Crippen LogP contribution in [0.25, 0.3) is 12.2 Å². The minimum absolute atomic E-state index is 0.700. The Hall–Kier alpha value is -2.32. The van der Waals surface area contributed by atoms with E-state index in [1.807, 2.05) is 6.08 Å². The molecule has 0 radical (unpaired) electrons. The zero-order chi connectivity index (χ0) is 19.1. The summed E-state index contributed by atoms with van der Waals surface area (Å²) < 4.78 is 0. The Morgan fingerprint density at radius 3 is 2.74 bits per heavy atom. The van der Waals surface area contributed by atoms with Gasteiger partial charge in [-0.2, -0.15) is 0 Å². The Labute approximate surface area is 164 Å². The van der Waals surface area contributed by atoms with Crippen LogP contribution in [0.1, 0.15) is 42.0 Å². The molecule has 0 bridgehead atoms. The van der Waals surface area contributed by atoms with Gasteiger partial charge in [-0.15, -0.1) is 0 Å². The predicted octanol–water partition coefficient (Wildman–Crippen LogP) is 5.68. The van der Waals surface area contributed by atoms with E-state index in [-0.39, 0.29) is 0 Å². The number of aryl methyl sites for hydroxylation is 1. The lowest BCUT2D eigenvalue weighted by molar-refractivity contribution is 0.391. The van der Waals surface area contributed by atoms with E-state index >= 15 is 0 Å². The standard InChI is InChI=1S/C25H32N2/c1-4-8-22-10-6-11-23(25(22)5-2)18-26-17-21-9-7-16-27(19-21)24-14-12-20(3)13-15-24/h4-6,8,10-15,21,26H,2,7,9,16-19H2,1,3H3/b8-4-. The van der Waals surface area contributed by atoms with E-state index < -0.39 is 0 Å². The molecule has 0 amide bonds. The molecule has 1 fully saturated rings. The Morgan fingerprint density at radius 1 is 1.19 bits per heavy atom. The molecule has 1 heterocycles. The molecule has 2 aromatic carbocycles. The van der Waals surface area contributed by atoms with Crippen LogP contribution in [0.4, 0.5) is 5.69 Å². The zero-order valence-electron chi connectivity index (χ0n) is 16.7. The number of piperidine rings is 1. The van der Waals surface area contributed by atoms with Gasteiger partial charge in [-0.3, -0.25) is 0 Å². The van der Waals surface area contributed by atoms with E-state index in [0.29, 0.717) is 5.92 Å². The summed E-state index contributed by atoms with van der Waals surface area (Å²) in [5.41, 5.74) is 6.50. The van der Waals surface area contributed by atoms with Gasteiger partial charge in [0.2, 0.25) is 0 Å². The lowest BCUT2D eigenvalue weighted by Crippen LogP contribution is -2.39. The summed E-state index contributed by atoms with van der Waals surface area (Å²) in [6.07, 6.45) is 8.80. The maximum Gasteiger partial charge on any atom is 0.0366 e. The molecule has 0 spiro atoms. The average Bonchev–Trinajstić information content (AvgIpc) is 2.69. The second-order valence-corrected chi connectivity index (χ2v) is 7.54. The average molecular weight is 361 g/mol. The first-order valence-electron chi connectivity index (χ1n) is 10.1. The number of anilines is 1. The minimum atomic E-state index is 0.700. The van der Waals surface area contributed by atoms with Crippen LogP contribution in [0.5, 0.6) is 0 Å². The van der Waals surface area contributed by atoms with E-state index in [1.54, 1.807) is 0 Å². The van der Waals surface area contributed by atoms with Crippen molar-refractivity contribution < 1.29 is 0 Å². The Morgan fingerprint density at radius 2 is 2.00 bits per heavy atom. The highest BCUT2D eigenvalue weighted by Crippen LogP contribution is 2.23. The fourth-order valence-electron chi connectivity index (χ4n) is 3.99. The molecule has 1 aliphatic rings. The van der Waals surface area contributed by atoms with Crippen molar-refractivity contribution in [1.29, 1.82) is 0 Å². The van der Waals surface area contributed by atoms with Gasteiger partial charge >= 0.3 is 0 Å². The Bertz CT molecular complexity index is 773. The summed E-state index contributed by atoms with van der Waals surface area (Å²) in [4.78, 5) is 2.54. The Kier molecular flexibility index (Phi) is 6.89. The van der Waals surface area contributed by atoms with Gasteiger partial charge in [0.25, 0.3) is 0 Å². The smallest absolute Gasteiger partial charge is 0.0366 e. The van der Waals surface area contributed by atoms with Crippen molar-refractivity contribution in [2.24, 2.45) is 5.92 Å². The van der Waals surface area contributed by atoms with Gasteiger partial charge in [-0.1, -0.05) is 60.7 Å². The first-order valence-corrected chi connectivity index (χ1v) is 10.1. The summed E-state index contributed by atoms with van der Waals surface area (Å²) in [5.74, 6) is 0.700. The van der Waals surface area contributed by atoms with Gasteiger partial charge < -0.3 is 10.2 Å². The van der Waals surface area contributed by atoms with Gasteiger partial charge in [0.05, 0.1) is 0 Å². The normalized spacial score (nSPS) is 17.4. The molecule has 2 nitrogen and oxygen atoms in total. The van der Waals surface area contributed by atoms with Crippen LogP contribution in [-0.2, 0) is 6.54 Å². The molecule has 2 aromatic rings. The number of nitrogens with one attached hydrogen (secondary N) is 1. The molecule has 27 heavy (non-hydrogen) atoms. The van der Waals surface area contributed by atoms with Crippen molar-refractivity contribution in [3.63, 3.8) is 0 Å². The van der Waals surface area contributed by atoms with Crippen LogP contribution in [0.2, 0.25) is 0 Å². The third kappa shape index (κ3) is 5.11. The van der Waals surface area contributed by atoms with E-state index in [0.717, 1.165) is 19.6 Å². The number of rotatable bonds is 7. The van der Waals surface area contributed by atoms with Crippen molar-refractivity contribution in [2.45, 2.75) is 33.2 Å². The van der Waals surface area contributed by atoms with Crippen LogP contribution in [0.3, 0.4) is 0 Å². The SMILES string of the molecule is C=Cc1c(/C=C\C)cccc1CNCC1CCCN(c2ccc(C)cc2)C1. The Balaban J connectivity index is 1.57. The minimum Gasteiger partial charge on any atom is -0.371 e. The lowest BCUT2D eigenvalue weighted by Gasteiger charge is -2.34. The van der Waals surface area contributed by atoms with Crippen molar-refractivity contribution in [3.8, 4) is 0 Å². The molecule has 142 valence electrons. The molecule has 1 atom stereocenters. The van der Waals surface area contributed by atoms with Crippen molar-refractivity contribution in [1.82, 2.24) is 5.32 Å². The maximum atomic E-state index is 4.01. The summed E-state index contributed by atoms with van der Waals surface area (Å²) in [6, 6.07) is 15.4. The number of nitrogens with zero attached hydrogens (tertiary/aromatic N) is 1. The van der Waals surface area contributed by atoms with Crippen molar-refractivity contribution >= 4 is 17.8 Å². The molecule has 0 saturated carbocycles. The number of hydrogen-bond donors (Lipinski definition) is 1. The summed E-state index contributed by atoms with van der Waals surface area (Å²) in [6.45, 7) is 12.5.